The molecule has 96 valence electrons. The Morgan fingerprint density at radius 2 is 2.24 bits per heavy atom. The summed E-state index contributed by atoms with van der Waals surface area (Å²) >= 11 is 1.50. The van der Waals surface area contributed by atoms with E-state index < -0.39 is 0 Å². The van der Waals surface area contributed by atoms with Crippen LogP contribution in [0.4, 0.5) is 5.13 Å². The topological polar surface area (TPSA) is 41.0 Å². The van der Waals surface area contributed by atoms with Crippen LogP contribution in [0.2, 0.25) is 0 Å². The summed E-state index contributed by atoms with van der Waals surface area (Å²) in [5, 5.41) is 4.35. The maximum atomic E-state index is 4.51. The summed E-state index contributed by atoms with van der Waals surface area (Å²) in [6.45, 7) is 6.55. The first-order valence-corrected chi connectivity index (χ1v) is 7.22. The van der Waals surface area contributed by atoms with Gasteiger partial charge in [0.05, 0.1) is 0 Å². The molecular weight excluding hydrogens is 232 g/mol. The number of rotatable bonds is 7. The summed E-state index contributed by atoms with van der Waals surface area (Å²) < 4.78 is 4.38. The normalized spacial score (nSPS) is 15.8. The Kier molecular flexibility index (Phi) is 4.34. The van der Waals surface area contributed by atoms with Gasteiger partial charge in [-0.1, -0.05) is 0 Å². The lowest BCUT2D eigenvalue weighted by Gasteiger charge is -2.20. The summed E-state index contributed by atoms with van der Waals surface area (Å²) in [7, 11) is 2.17. The number of nitrogens with one attached hydrogen (secondary N) is 1. The highest BCUT2D eigenvalue weighted by Gasteiger charge is 2.27. The molecule has 1 N–H and O–H groups in total. The first-order chi connectivity index (χ1) is 8.16. The third-order valence-electron chi connectivity index (χ3n) is 3.23. The molecular formula is C12H22N4S. The van der Waals surface area contributed by atoms with Gasteiger partial charge in [-0.15, -0.1) is 0 Å². The van der Waals surface area contributed by atoms with Gasteiger partial charge in [-0.25, -0.2) is 4.98 Å². The van der Waals surface area contributed by atoms with Gasteiger partial charge in [-0.05, 0) is 46.7 Å². The average molecular weight is 254 g/mol. The van der Waals surface area contributed by atoms with Gasteiger partial charge in [-0.2, -0.15) is 4.37 Å². The van der Waals surface area contributed by atoms with Crippen molar-refractivity contribution in [1.82, 2.24) is 14.3 Å². The van der Waals surface area contributed by atoms with Crippen molar-refractivity contribution >= 4 is 16.7 Å². The van der Waals surface area contributed by atoms with Crippen molar-refractivity contribution in [3.63, 3.8) is 0 Å². The predicted molar refractivity (Wildman–Crippen MR) is 72.8 cm³/mol. The minimum atomic E-state index is 0.623. The molecule has 1 saturated carbocycles. The van der Waals surface area contributed by atoms with Crippen LogP contribution >= 0.6 is 11.5 Å². The summed E-state index contributed by atoms with van der Waals surface area (Å²) in [5.41, 5.74) is 0. The largest absolute Gasteiger partial charge is 0.360 e. The van der Waals surface area contributed by atoms with Gasteiger partial charge in [0.1, 0.15) is 5.82 Å². The van der Waals surface area contributed by atoms with E-state index in [9.17, 15) is 0 Å². The minimum Gasteiger partial charge on any atom is -0.360 e. The fraction of sp³-hybridized carbons (Fsp3) is 0.833. The van der Waals surface area contributed by atoms with Crippen LogP contribution in [0.3, 0.4) is 0 Å². The summed E-state index contributed by atoms with van der Waals surface area (Å²) in [5.74, 6) is 1.71. The maximum absolute atomic E-state index is 4.51. The van der Waals surface area contributed by atoms with Crippen molar-refractivity contribution in [2.45, 2.75) is 45.1 Å². The zero-order chi connectivity index (χ0) is 12.3. The molecule has 0 amide bonds. The Morgan fingerprint density at radius 3 is 2.88 bits per heavy atom. The lowest BCUT2D eigenvalue weighted by Crippen LogP contribution is -2.28. The van der Waals surface area contributed by atoms with Gasteiger partial charge in [0.25, 0.3) is 0 Å². The first kappa shape index (κ1) is 12.8. The Hall–Kier alpha value is -0.680. The highest BCUT2D eigenvalue weighted by molar-refractivity contribution is 7.09. The molecule has 1 heterocycles. The fourth-order valence-corrected chi connectivity index (χ4v) is 2.27. The third kappa shape index (κ3) is 3.92. The maximum Gasteiger partial charge on any atom is 0.202 e. The smallest absolute Gasteiger partial charge is 0.202 e. The van der Waals surface area contributed by atoms with E-state index in [1.807, 2.05) is 0 Å². The molecule has 1 aromatic rings. The molecule has 0 radical (unpaired) electrons. The molecule has 0 aromatic carbocycles. The Morgan fingerprint density at radius 1 is 1.47 bits per heavy atom. The van der Waals surface area contributed by atoms with Crippen LogP contribution in [0.1, 0.15) is 44.9 Å². The summed E-state index contributed by atoms with van der Waals surface area (Å²) in [6, 6.07) is 0.623. The molecule has 17 heavy (non-hydrogen) atoms. The van der Waals surface area contributed by atoms with Crippen molar-refractivity contribution in [3.05, 3.63) is 5.82 Å². The first-order valence-electron chi connectivity index (χ1n) is 6.44. The minimum absolute atomic E-state index is 0.623. The molecule has 5 heteroatoms. The van der Waals surface area contributed by atoms with E-state index in [4.69, 9.17) is 0 Å². The van der Waals surface area contributed by atoms with Crippen molar-refractivity contribution in [2.24, 2.45) is 0 Å². The monoisotopic (exact) mass is 254 g/mol. The van der Waals surface area contributed by atoms with Crippen molar-refractivity contribution in [2.75, 3.05) is 25.5 Å². The number of hydrogen-bond acceptors (Lipinski definition) is 5. The molecule has 4 nitrogen and oxygen atoms in total. The van der Waals surface area contributed by atoms with Crippen LogP contribution in [-0.4, -0.2) is 40.4 Å². The zero-order valence-corrected chi connectivity index (χ0v) is 11.8. The second kappa shape index (κ2) is 5.78. The van der Waals surface area contributed by atoms with Crippen LogP contribution in [0.15, 0.2) is 0 Å². The third-order valence-corrected chi connectivity index (χ3v) is 3.92. The van der Waals surface area contributed by atoms with Crippen molar-refractivity contribution in [3.8, 4) is 0 Å². The van der Waals surface area contributed by atoms with Gasteiger partial charge in [0, 0.05) is 30.0 Å². The lowest BCUT2D eigenvalue weighted by molar-refractivity contribution is 0.273. The molecule has 0 unspecified atom stereocenters. The van der Waals surface area contributed by atoms with Crippen LogP contribution < -0.4 is 5.32 Å². The molecule has 0 saturated heterocycles. The van der Waals surface area contributed by atoms with E-state index in [0.29, 0.717) is 12.0 Å². The van der Waals surface area contributed by atoms with Gasteiger partial charge in [0.2, 0.25) is 5.13 Å². The highest BCUT2D eigenvalue weighted by atomic mass is 32.1. The summed E-state index contributed by atoms with van der Waals surface area (Å²) in [6.07, 6.45) is 3.69. The van der Waals surface area contributed by atoms with Gasteiger partial charge in [0.15, 0.2) is 0 Å². The Bertz CT molecular complexity index is 346. The van der Waals surface area contributed by atoms with Crippen molar-refractivity contribution in [1.29, 1.82) is 0 Å². The SMILES string of the molecule is CC(C)N(C)CCCNc1nc(C2CC2)ns1. The molecule has 0 aliphatic heterocycles. The van der Waals surface area contributed by atoms with Gasteiger partial charge in [-0.3, -0.25) is 0 Å². The quantitative estimate of drug-likeness (QED) is 0.759. The lowest BCUT2D eigenvalue weighted by atomic mass is 10.3. The molecule has 0 bridgehead atoms. The van der Waals surface area contributed by atoms with E-state index in [1.165, 1.54) is 24.4 Å². The second-order valence-corrected chi connectivity index (χ2v) is 5.84. The van der Waals surface area contributed by atoms with Crippen LogP contribution in [0, 0.1) is 0 Å². The number of nitrogens with zero attached hydrogens (tertiary/aromatic N) is 3. The van der Waals surface area contributed by atoms with E-state index in [0.717, 1.165) is 30.5 Å². The standard InChI is InChI=1S/C12H22N4S/c1-9(2)16(3)8-4-7-13-12-14-11(15-17-12)10-5-6-10/h9-10H,4-8H2,1-3H3,(H,13,14,15). The van der Waals surface area contributed by atoms with E-state index in [2.05, 4.69) is 40.5 Å². The number of aromatic nitrogens is 2. The van der Waals surface area contributed by atoms with E-state index in [-0.39, 0.29) is 0 Å². The predicted octanol–water partition coefficient (Wildman–Crippen LogP) is 2.56. The summed E-state index contributed by atoms with van der Waals surface area (Å²) in [4.78, 5) is 6.87. The Balaban J connectivity index is 1.64. The average Bonchev–Trinajstić information content (AvgIpc) is 3.04. The molecule has 0 spiro atoms. The van der Waals surface area contributed by atoms with E-state index >= 15 is 0 Å². The number of hydrogen-bond donors (Lipinski definition) is 1. The molecule has 1 aliphatic rings. The van der Waals surface area contributed by atoms with Gasteiger partial charge < -0.3 is 10.2 Å². The second-order valence-electron chi connectivity index (χ2n) is 5.09. The van der Waals surface area contributed by atoms with Crippen LogP contribution in [0.25, 0.3) is 0 Å². The molecule has 1 aliphatic carbocycles. The molecule has 0 atom stereocenters. The Labute approximate surface area is 108 Å². The molecule has 1 fully saturated rings. The number of anilines is 1. The fourth-order valence-electron chi connectivity index (χ4n) is 1.60. The zero-order valence-electron chi connectivity index (χ0n) is 10.9. The highest BCUT2D eigenvalue weighted by Crippen LogP contribution is 2.39. The van der Waals surface area contributed by atoms with Crippen LogP contribution in [0.5, 0.6) is 0 Å². The molecule has 2 rings (SSSR count). The van der Waals surface area contributed by atoms with E-state index in [1.54, 1.807) is 0 Å². The van der Waals surface area contributed by atoms with Crippen LogP contribution in [-0.2, 0) is 0 Å². The molecule has 1 aromatic heterocycles. The van der Waals surface area contributed by atoms with Crippen molar-refractivity contribution < 1.29 is 0 Å². The van der Waals surface area contributed by atoms with Gasteiger partial charge >= 0.3 is 0 Å².